The van der Waals surface area contributed by atoms with Crippen molar-refractivity contribution in [2.75, 3.05) is 6.54 Å². The highest BCUT2D eigenvalue weighted by atomic mass is 16.2. The van der Waals surface area contributed by atoms with Crippen LogP contribution in [0.2, 0.25) is 0 Å². The molecule has 140 valence electrons. The van der Waals surface area contributed by atoms with Gasteiger partial charge in [0.05, 0.1) is 17.7 Å². The summed E-state index contributed by atoms with van der Waals surface area (Å²) in [4.78, 5) is 33.8. The summed E-state index contributed by atoms with van der Waals surface area (Å²) in [6.07, 6.45) is 8.08. The minimum Gasteiger partial charge on any atom is -0.349 e. The van der Waals surface area contributed by atoms with Gasteiger partial charge in [0.1, 0.15) is 11.3 Å². The molecule has 3 heterocycles. The maximum atomic E-state index is 12.6. The first kappa shape index (κ1) is 17.5. The van der Waals surface area contributed by atoms with Crippen LogP contribution in [-0.2, 0) is 6.54 Å². The molecule has 0 aromatic carbocycles. The van der Waals surface area contributed by atoms with Gasteiger partial charge in [0, 0.05) is 31.3 Å². The number of imidazole rings is 1. The molecule has 0 bridgehead atoms. The van der Waals surface area contributed by atoms with Crippen LogP contribution < -0.4 is 10.9 Å². The average molecular weight is 365 g/mol. The highest BCUT2D eigenvalue weighted by molar-refractivity contribution is 5.94. The molecule has 0 unspecified atom stereocenters. The van der Waals surface area contributed by atoms with E-state index in [-0.39, 0.29) is 11.5 Å². The number of rotatable bonds is 5. The second-order valence-electron chi connectivity index (χ2n) is 7.06. The van der Waals surface area contributed by atoms with E-state index in [1.165, 1.54) is 12.8 Å². The molecule has 3 aromatic heterocycles. The van der Waals surface area contributed by atoms with Crippen molar-refractivity contribution >= 4 is 11.6 Å². The van der Waals surface area contributed by atoms with E-state index < -0.39 is 0 Å². The first-order valence-electron chi connectivity index (χ1n) is 9.42. The number of nitrogens with one attached hydrogen (secondary N) is 1. The summed E-state index contributed by atoms with van der Waals surface area (Å²) < 4.78 is 3.31. The van der Waals surface area contributed by atoms with Crippen molar-refractivity contribution in [3.63, 3.8) is 0 Å². The topological polar surface area (TPSA) is 81.3 Å². The molecule has 1 aliphatic carbocycles. The van der Waals surface area contributed by atoms with Gasteiger partial charge in [-0.15, -0.1) is 0 Å². The normalized spacial score (nSPS) is 14.7. The first-order valence-corrected chi connectivity index (χ1v) is 9.42. The summed E-state index contributed by atoms with van der Waals surface area (Å²) in [6, 6.07) is 7.26. The van der Waals surface area contributed by atoms with Gasteiger partial charge in [-0.2, -0.15) is 0 Å². The Labute approximate surface area is 157 Å². The van der Waals surface area contributed by atoms with Gasteiger partial charge in [-0.25, -0.2) is 9.97 Å². The fourth-order valence-electron chi connectivity index (χ4n) is 3.81. The maximum absolute atomic E-state index is 12.6. The zero-order valence-electron chi connectivity index (χ0n) is 15.4. The van der Waals surface area contributed by atoms with Crippen molar-refractivity contribution < 1.29 is 4.79 Å². The number of carbonyl (C=O) groups excluding carboxylic acids is 1. The summed E-state index contributed by atoms with van der Waals surface area (Å²) in [5.41, 5.74) is 2.78. The molecular formula is C20H23N5O2. The molecule has 1 amide bonds. The summed E-state index contributed by atoms with van der Waals surface area (Å²) in [5.74, 6) is 0.222. The summed E-state index contributed by atoms with van der Waals surface area (Å²) >= 11 is 0. The lowest BCUT2D eigenvalue weighted by atomic mass is 10.0. The fraction of sp³-hybridized carbons (Fsp3) is 0.400. The average Bonchev–Trinajstić information content (AvgIpc) is 3.30. The third-order valence-corrected chi connectivity index (χ3v) is 5.23. The molecule has 7 heteroatoms. The van der Waals surface area contributed by atoms with Crippen LogP contribution in [0.1, 0.15) is 53.5 Å². The molecule has 3 aromatic rings. The molecule has 4 rings (SSSR count). The van der Waals surface area contributed by atoms with E-state index in [4.69, 9.17) is 0 Å². The van der Waals surface area contributed by atoms with E-state index in [0.29, 0.717) is 30.4 Å². The Morgan fingerprint density at radius 3 is 2.89 bits per heavy atom. The van der Waals surface area contributed by atoms with Crippen molar-refractivity contribution in [2.45, 2.75) is 45.1 Å². The number of amides is 1. The molecule has 27 heavy (non-hydrogen) atoms. The molecule has 7 nitrogen and oxygen atoms in total. The zero-order chi connectivity index (χ0) is 18.8. The van der Waals surface area contributed by atoms with Crippen molar-refractivity contribution in [1.29, 1.82) is 0 Å². The van der Waals surface area contributed by atoms with Crippen LogP contribution in [0.25, 0.3) is 5.65 Å². The lowest BCUT2D eigenvalue weighted by Gasteiger charge is -2.11. The third-order valence-electron chi connectivity index (χ3n) is 5.23. The van der Waals surface area contributed by atoms with Gasteiger partial charge >= 0.3 is 0 Å². The lowest BCUT2D eigenvalue weighted by Crippen LogP contribution is -2.32. The predicted octanol–water partition coefficient (Wildman–Crippen LogP) is 2.29. The van der Waals surface area contributed by atoms with E-state index in [2.05, 4.69) is 15.3 Å². The van der Waals surface area contributed by atoms with E-state index in [1.54, 1.807) is 21.4 Å². The third kappa shape index (κ3) is 3.49. The molecule has 0 saturated heterocycles. The standard InChI is InChI=1S/C20H23N5O2/c1-14-19(25-10-5-4-8-17(25)23-14)20(27)21-9-11-24-13-22-16(12-18(24)26)15-6-2-3-7-15/h4-5,8,10,12-13,15H,2-3,6-7,9,11H2,1H3,(H,21,27). The van der Waals surface area contributed by atoms with Gasteiger partial charge in [-0.1, -0.05) is 18.9 Å². The number of nitrogens with zero attached hydrogens (tertiary/aromatic N) is 4. The summed E-state index contributed by atoms with van der Waals surface area (Å²) in [7, 11) is 0. The number of aryl methyl sites for hydroxylation is 1. The number of pyridine rings is 1. The smallest absolute Gasteiger partial charge is 0.270 e. The number of aromatic nitrogens is 4. The van der Waals surface area contributed by atoms with Crippen LogP contribution in [0.5, 0.6) is 0 Å². The van der Waals surface area contributed by atoms with E-state index >= 15 is 0 Å². The molecule has 1 N–H and O–H groups in total. The molecule has 1 fully saturated rings. The maximum Gasteiger partial charge on any atom is 0.270 e. The number of fused-ring (bicyclic) bond motifs is 1. The molecular weight excluding hydrogens is 342 g/mol. The summed E-state index contributed by atoms with van der Waals surface area (Å²) in [6.45, 7) is 2.55. The highest BCUT2D eigenvalue weighted by Gasteiger charge is 2.19. The molecule has 0 spiro atoms. The number of hydrogen-bond donors (Lipinski definition) is 1. The minimum atomic E-state index is -0.199. The quantitative estimate of drug-likeness (QED) is 0.752. The second kappa shape index (κ2) is 7.34. The van der Waals surface area contributed by atoms with Gasteiger partial charge in [0.2, 0.25) is 0 Å². The van der Waals surface area contributed by atoms with Crippen molar-refractivity contribution in [1.82, 2.24) is 24.3 Å². The predicted molar refractivity (Wildman–Crippen MR) is 102 cm³/mol. The molecule has 1 saturated carbocycles. The Kier molecular flexibility index (Phi) is 4.75. The Balaban J connectivity index is 1.41. The Hall–Kier alpha value is -2.96. The van der Waals surface area contributed by atoms with Crippen LogP contribution in [0.4, 0.5) is 0 Å². The van der Waals surface area contributed by atoms with Crippen LogP contribution in [0, 0.1) is 6.92 Å². The minimum absolute atomic E-state index is 0.0628. The van der Waals surface area contributed by atoms with E-state index in [0.717, 1.165) is 24.2 Å². The van der Waals surface area contributed by atoms with Gasteiger partial charge in [0.15, 0.2) is 0 Å². The number of hydrogen-bond acceptors (Lipinski definition) is 4. The largest absolute Gasteiger partial charge is 0.349 e. The monoisotopic (exact) mass is 365 g/mol. The molecule has 0 aliphatic heterocycles. The molecule has 0 atom stereocenters. The Bertz CT molecular complexity index is 1030. The van der Waals surface area contributed by atoms with E-state index in [9.17, 15) is 9.59 Å². The van der Waals surface area contributed by atoms with Crippen molar-refractivity contribution in [3.05, 3.63) is 64.2 Å². The zero-order valence-corrected chi connectivity index (χ0v) is 15.4. The van der Waals surface area contributed by atoms with Crippen LogP contribution in [-0.4, -0.2) is 31.4 Å². The Morgan fingerprint density at radius 1 is 1.30 bits per heavy atom. The van der Waals surface area contributed by atoms with Crippen LogP contribution in [0.3, 0.4) is 0 Å². The van der Waals surface area contributed by atoms with Gasteiger partial charge in [0.25, 0.3) is 11.5 Å². The van der Waals surface area contributed by atoms with Crippen LogP contribution >= 0.6 is 0 Å². The van der Waals surface area contributed by atoms with E-state index in [1.807, 2.05) is 31.3 Å². The fourth-order valence-corrected chi connectivity index (χ4v) is 3.81. The second-order valence-corrected chi connectivity index (χ2v) is 7.06. The van der Waals surface area contributed by atoms with Crippen molar-refractivity contribution in [3.8, 4) is 0 Å². The SMILES string of the molecule is Cc1nc2ccccn2c1C(=O)NCCn1cnc(C2CCCC2)cc1=O. The van der Waals surface area contributed by atoms with Gasteiger partial charge in [-0.3, -0.25) is 18.6 Å². The highest BCUT2D eigenvalue weighted by Crippen LogP contribution is 2.32. The summed E-state index contributed by atoms with van der Waals surface area (Å²) in [5, 5.41) is 2.88. The van der Waals surface area contributed by atoms with Gasteiger partial charge in [-0.05, 0) is 31.9 Å². The van der Waals surface area contributed by atoms with Crippen molar-refractivity contribution in [2.24, 2.45) is 0 Å². The number of carbonyl (C=O) groups is 1. The van der Waals surface area contributed by atoms with Gasteiger partial charge < -0.3 is 5.32 Å². The first-order chi connectivity index (χ1) is 13.1. The molecule has 0 radical (unpaired) electrons. The lowest BCUT2D eigenvalue weighted by molar-refractivity contribution is 0.0945. The van der Waals surface area contributed by atoms with Crippen LogP contribution in [0.15, 0.2) is 41.6 Å². The molecule has 1 aliphatic rings. The Morgan fingerprint density at radius 2 is 2.11 bits per heavy atom.